The Kier molecular flexibility index (Phi) is 24.8. The van der Waals surface area contributed by atoms with Crippen molar-refractivity contribution in [2.45, 2.75) is 207 Å². The van der Waals surface area contributed by atoms with Gasteiger partial charge >= 0.3 is 0 Å². The van der Waals surface area contributed by atoms with Gasteiger partial charge in [0, 0.05) is 6.42 Å². The van der Waals surface area contributed by atoms with E-state index >= 15 is 0 Å². The highest BCUT2D eigenvalue weighted by molar-refractivity contribution is 4.84. The molecule has 0 amide bonds. The summed E-state index contributed by atoms with van der Waals surface area (Å²) in [6, 6.07) is 0. The van der Waals surface area contributed by atoms with Crippen molar-refractivity contribution in [1.82, 2.24) is 4.57 Å². The summed E-state index contributed by atoms with van der Waals surface area (Å²) in [5, 5.41) is 0. The molecule has 1 heterocycles. The Morgan fingerprint density at radius 3 is 1.24 bits per heavy atom. The maximum absolute atomic E-state index is 2.57. The van der Waals surface area contributed by atoms with Crippen LogP contribution in [0.5, 0.6) is 0 Å². The van der Waals surface area contributed by atoms with Crippen LogP contribution in [0.4, 0.5) is 0 Å². The summed E-state index contributed by atoms with van der Waals surface area (Å²) in [6.07, 6.45) is 43.1. The van der Waals surface area contributed by atoms with Crippen molar-refractivity contribution in [2.75, 3.05) is 0 Å². The van der Waals surface area contributed by atoms with Gasteiger partial charge in [-0.1, -0.05) is 156 Å². The normalized spacial score (nSPS) is 11.5. The van der Waals surface area contributed by atoms with Gasteiger partial charge in [0.15, 0.2) is 0 Å². The molecule has 2 heteroatoms. The summed E-state index contributed by atoms with van der Waals surface area (Å²) < 4.78 is 5.14. The second-order valence-corrected chi connectivity index (χ2v) is 12.0. The molecule has 0 aliphatic rings. The second-order valence-electron chi connectivity index (χ2n) is 12.0. The third-order valence-corrected chi connectivity index (χ3v) is 8.32. The molecule has 1 rings (SSSR count). The van der Waals surface area contributed by atoms with Crippen LogP contribution in [0.2, 0.25) is 0 Å². The molecule has 0 saturated heterocycles. The molecule has 37 heavy (non-hydrogen) atoms. The van der Waals surface area contributed by atoms with Gasteiger partial charge in [0.25, 0.3) is 5.82 Å². The number of aromatic nitrogens is 2. The predicted molar refractivity (Wildman–Crippen MR) is 165 cm³/mol. The molecule has 0 atom stereocenters. The van der Waals surface area contributed by atoms with Gasteiger partial charge < -0.3 is 0 Å². The minimum Gasteiger partial charge on any atom is -0.234 e. The summed E-state index contributed by atoms with van der Waals surface area (Å²) in [5.41, 5.74) is 0. The summed E-state index contributed by atoms with van der Waals surface area (Å²) in [5.74, 6) is 1.57. The van der Waals surface area contributed by atoms with Crippen LogP contribution in [0.25, 0.3) is 0 Å². The van der Waals surface area contributed by atoms with Crippen LogP contribution in [0.3, 0.4) is 0 Å². The van der Waals surface area contributed by atoms with Crippen LogP contribution in [-0.4, -0.2) is 4.57 Å². The molecule has 0 aliphatic carbocycles. The van der Waals surface area contributed by atoms with Gasteiger partial charge in [0.2, 0.25) is 0 Å². The smallest absolute Gasteiger partial charge is 0.234 e. The minimum absolute atomic E-state index is 1.22. The summed E-state index contributed by atoms with van der Waals surface area (Å²) >= 11 is 0. The molecule has 2 nitrogen and oxygen atoms in total. The fourth-order valence-corrected chi connectivity index (χ4v) is 5.84. The maximum Gasteiger partial charge on any atom is 0.256 e. The average Bonchev–Trinajstić information content (AvgIpc) is 3.28. The monoisotopic (exact) mass is 518 g/mol. The lowest BCUT2D eigenvalue weighted by Gasteiger charge is -2.06. The van der Waals surface area contributed by atoms with Crippen LogP contribution in [0, 0.1) is 0 Å². The van der Waals surface area contributed by atoms with Gasteiger partial charge in [0.05, 0.1) is 13.1 Å². The van der Waals surface area contributed by atoms with E-state index in [-0.39, 0.29) is 0 Å². The van der Waals surface area contributed by atoms with Crippen molar-refractivity contribution in [3.05, 3.63) is 18.2 Å². The lowest BCUT2D eigenvalue weighted by molar-refractivity contribution is -0.704. The molecule has 0 N–H and O–H groups in total. The lowest BCUT2D eigenvalue weighted by Crippen LogP contribution is -2.37. The number of imidazole rings is 1. The van der Waals surface area contributed by atoms with E-state index in [2.05, 4.69) is 42.3 Å². The molecule has 1 aromatic rings. The van der Waals surface area contributed by atoms with E-state index in [1.54, 1.807) is 5.82 Å². The van der Waals surface area contributed by atoms with Crippen LogP contribution < -0.4 is 4.57 Å². The number of rotatable bonds is 29. The highest BCUT2D eigenvalue weighted by Gasteiger charge is 2.15. The van der Waals surface area contributed by atoms with Crippen LogP contribution in [0.15, 0.2) is 12.4 Å². The van der Waals surface area contributed by atoms with Crippen molar-refractivity contribution in [1.29, 1.82) is 0 Å². The van der Waals surface area contributed by atoms with E-state index in [1.165, 1.54) is 186 Å². The Hall–Kier alpha value is -0.790. The fraction of sp³-hybridized carbons (Fsp3) is 0.914. The number of nitrogens with zero attached hydrogens (tertiary/aromatic N) is 2. The van der Waals surface area contributed by atoms with Crippen molar-refractivity contribution < 1.29 is 4.57 Å². The largest absolute Gasteiger partial charge is 0.256 e. The van der Waals surface area contributed by atoms with Crippen molar-refractivity contribution in [3.8, 4) is 0 Å². The first-order chi connectivity index (χ1) is 18.3. The predicted octanol–water partition coefficient (Wildman–Crippen LogP) is 11.5. The highest BCUT2D eigenvalue weighted by atomic mass is 15.1. The van der Waals surface area contributed by atoms with Gasteiger partial charge in [-0.15, -0.1) is 0 Å². The van der Waals surface area contributed by atoms with Crippen LogP contribution >= 0.6 is 0 Å². The first-order valence-electron chi connectivity index (χ1n) is 17.4. The Morgan fingerprint density at radius 2 is 0.838 bits per heavy atom. The number of hydrogen-bond donors (Lipinski definition) is 0. The second kappa shape index (κ2) is 26.8. The van der Waals surface area contributed by atoms with E-state index in [0.717, 1.165) is 0 Å². The van der Waals surface area contributed by atoms with Crippen molar-refractivity contribution in [3.63, 3.8) is 0 Å². The number of unbranched alkanes of at least 4 members (excludes halogenated alkanes) is 23. The Bertz CT molecular complexity index is 576. The molecule has 0 spiro atoms. The Morgan fingerprint density at radius 1 is 0.459 bits per heavy atom. The van der Waals surface area contributed by atoms with Gasteiger partial charge in [-0.3, -0.25) is 0 Å². The van der Waals surface area contributed by atoms with Crippen molar-refractivity contribution >= 4 is 0 Å². The van der Waals surface area contributed by atoms with E-state index in [9.17, 15) is 0 Å². The van der Waals surface area contributed by atoms with Crippen LogP contribution in [0.1, 0.15) is 194 Å². The molecule has 0 saturated carbocycles. The summed E-state index contributed by atoms with van der Waals surface area (Å²) in [6.45, 7) is 9.38. The first kappa shape index (κ1) is 34.2. The molecule has 218 valence electrons. The standard InChI is InChI=1S/C35H69N2/c1-4-7-9-11-13-15-16-17-18-19-20-21-23-25-27-29-32-37-34-33-36(35(37)30-6-3)31-28-26-24-22-14-12-10-8-5-2/h33-34H,4-32H2,1-3H3/q+1. The zero-order valence-corrected chi connectivity index (χ0v) is 26.1. The maximum atomic E-state index is 2.57. The summed E-state index contributed by atoms with van der Waals surface area (Å²) in [7, 11) is 0. The van der Waals surface area contributed by atoms with E-state index in [0.29, 0.717) is 0 Å². The third kappa shape index (κ3) is 19.9. The van der Waals surface area contributed by atoms with Gasteiger partial charge in [-0.05, 0) is 32.1 Å². The van der Waals surface area contributed by atoms with Crippen LogP contribution in [-0.2, 0) is 19.5 Å². The molecule has 0 unspecified atom stereocenters. The zero-order chi connectivity index (χ0) is 26.7. The van der Waals surface area contributed by atoms with Crippen molar-refractivity contribution in [2.24, 2.45) is 0 Å². The topological polar surface area (TPSA) is 8.81 Å². The molecule has 1 aromatic heterocycles. The quantitative estimate of drug-likeness (QED) is 0.0737. The Balaban J connectivity index is 2.01. The lowest BCUT2D eigenvalue weighted by atomic mass is 10.0. The van der Waals surface area contributed by atoms with E-state index < -0.39 is 0 Å². The SMILES string of the molecule is CCCCCCCCCCCCCCCCCCn1cc[n+](CCCCCCCCCCC)c1CCC. The van der Waals surface area contributed by atoms with E-state index in [4.69, 9.17) is 0 Å². The Labute approximate surface area is 234 Å². The average molecular weight is 518 g/mol. The summed E-state index contributed by atoms with van der Waals surface area (Å²) in [4.78, 5) is 0. The number of hydrogen-bond acceptors (Lipinski definition) is 0. The zero-order valence-electron chi connectivity index (χ0n) is 26.1. The molecular weight excluding hydrogens is 448 g/mol. The highest BCUT2D eigenvalue weighted by Crippen LogP contribution is 2.14. The van der Waals surface area contributed by atoms with E-state index in [1.807, 2.05) is 0 Å². The molecule has 0 aromatic carbocycles. The number of aryl methyl sites for hydroxylation is 2. The van der Waals surface area contributed by atoms with Gasteiger partial charge in [-0.25, -0.2) is 9.13 Å². The first-order valence-corrected chi connectivity index (χ1v) is 17.4. The van der Waals surface area contributed by atoms with Gasteiger partial charge in [-0.2, -0.15) is 0 Å². The molecule has 0 radical (unpaired) electrons. The molecule has 0 aliphatic heterocycles. The molecular formula is C35H69N2+. The third-order valence-electron chi connectivity index (χ3n) is 8.32. The van der Waals surface area contributed by atoms with Gasteiger partial charge in [0.1, 0.15) is 12.4 Å². The minimum atomic E-state index is 1.22. The fourth-order valence-electron chi connectivity index (χ4n) is 5.84. The molecule has 0 fully saturated rings. The molecule has 0 bridgehead atoms.